The Bertz CT molecular complexity index is 159. The van der Waals surface area contributed by atoms with E-state index in [-0.39, 0.29) is 6.29 Å². The van der Waals surface area contributed by atoms with Gasteiger partial charge in [-0.15, -0.1) is 0 Å². The lowest BCUT2D eigenvalue weighted by atomic mass is 10.2. The largest absolute Gasteiger partial charge is 0.352 e. The average Bonchev–Trinajstić information content (AvgIpc) is 2.50. The van der Waals surface area contributed by atoms with Crippen LogP contribution in [0.3, 0.4) is 0 Å². The molecule has 0 aromatic rings. The predicted octanol–water partition coefficient (Wildman–Crippen LogP) is 2.26. The van der Waals surface area contributed by atoms with Crippen molar-refractivity contribution in [3.8, 4) is 0 Å². The Balaban J connectivity index is 2.41. The van der Waals surface area contributed by atoms with Gasteiger partial charge in [-0.2, -0.15) is 0 Å². The topological polar surface area (TPSA) is 21.7 Å². The quantitative estimate of drug-likeness (QED) is 0.634. The maximum Gasteiger partial charge on any atom is 0.170 e. The highest BCUT2D eigenvalue weighted by Gasteiger charge is 2.29. The summed E-state index contributed by atoms with van der Waals surface area (Å²) in [6, 6.07) is 1.34. The van der Waals surface area contributed by atoms with E-state index in [0.29, 0.717) is 12.1 Å². The second kappa shape index (κ2) is 6.46. The smallest absolute Gasteiger partial charge is 0.170 e. The van der Waals surface area contributed by atoms with Gasteiger partial charge in [0, 0.05) is 25.3 Å². The van der Waals surface area contributed by atoms with Gasteiger partial charge in [0.25, 0.3) is 0 Å². The number of ether oxygens (including phenoxy) is 2. The van der Waals surface area contributed by atoms with E-state index in [9.17, 15) is 0 Å². The Kier molecular flexibility index (Phi) is 5.58. The van der Waals surface area contributed by atoms with Crippen LogP contribution in [-0.4, -0.2) is 43.0 Å². The lowest BCUT2D eigenvalue weighted by Gasteiger charge is -2.30. The summed E-state index contributed by atoms with van der Waals surface area (Å²) in [4.78, 5) is 2.50. The van der Waals surface area contributed by atoms with Crippen LogP contribution in [0.2, 0.25) is 0 Å². The lowest BCUT2D eigenvalue weighted by Crippen LogP contribution is -2.41. The van der Waals surface area contributed by atoms with Gasteiger partial charge >= 0.3 is 0 Å². The van der Waals surface area contributed by atoms with Gasteiger partial charge in [0.2, 0.25) is 0 Å². The third-order valence-corrected chi connectivity index (χ3v) is 3.20. The molecule has 0 aromatic heterocycles. The van der Waals surface area contributed by atoms with Gasteiger partial charge in [-0.05, 0) is 40.5 Å². The summed E-state index contributed by atoms with van der Waals surface area (Å²) in [5.41, 5.74) is 0. The monoisotopic (exact) mass is 215 g/mol. The van der Waals surface area contributed by atoms with Crippen molar-refractivity contribution in [3.05, 3.63) is 0 Å². The van der Waals surface area contributed by atoms with Crippen molar-refractivity contribution in [3.63, 3.8) is 0 Å². The highest BCUT2D eigenvalue weighted by Crippen LogP contribution is 2.23. The van der Waals surface area contributed by atoms with Gasteiger partial charge in [0.15, 0.2) is 6.29 Å². The van der Waals surface area contributed by atoms with Gasteiger partial charge in [-0.1, -0.05) is 0 Å². The van der Waals surface area contributed by atoms with Gasteiger partial charge in [0.05, 0.1) is 6.54 Å². The van der Waals surface area contributed by atoms with Gasteiger partial charge in [-0.25, -0.2) is 0 Å². The minimum Gasteiger partial charge on any atom is -0.352 e. The molecule has 0 aromatic carbocycles. The van der Waals surface area contributed by atoms with Crippen molar-refractivity contribution in [1.82, 2.24) is 4.90 Å². The van der Waals surface area contributed by atoms with E-state index in [0.717, 1.165) is 19.8 Å². The zero-order valence-electron chi connectivity index (χ0n) is 10.5. The predicted molar refractivity (Wildman–Crippen MR) is 61.9 cm³/mol. The molecular formula is C12H25NO2. The molecule has 90 valence electrons. The second-order valence-electron chi connectivity index (χ2n) is 4.31. The summed E-state index contributed by atoms with van der Waals surface area (Å²) in [5, 5.41) is 0. The Morgan fingerprint density at radius 2 is 1.53 bits per heavy atom. The summed E-state index contributed by atoms with van der Waals surface area (Å²) in [5.74, 6) is 0. The average molecular weight is 215 g/mol. The van der Waals surface area contributed by atoms with Crippen LogP contribution in [-0.2, 0) is 9.47 Å². The summed E-state index contributed by atoms with van der Waals surface area (Å²) in [7, 11) is 0. The molecule has 1 heterocycles. The molecule has 1 fully saturated rings. The lowest BCUT2D eigenvalue weighted by molar-refractivity contribution is -0.150. The summed E-state index contributed by atoms with van der Waals surface area (Å²) >= 11 is 0. The van der Waals surface area contributed by atoms with Crippen LogP contribution in [0.5, 0.6) is 0 Å². The van der Waals surface area contributed by atoms with Crippen LogP contribution in [0.1, 0.15) is 40.5 Å². The van der Waals surface area contributed by atoms with Crippen LogP contribution >= 0.6 is 0 Å². The number of nitrogens with zero attached hydrogens (tertiary/aromatic N) is 1. The van der Waals surface area contributed by atoms with E-state index in [1.165, 1.54) is 12.8 Å². The molecule has 1 saturated heterocycles. The first-order valence-corrected chi connectivity index (χ1v) is 6.18. The minimum atomic E-state index is -0.0528. The second-order valence-corrected chi connectivity index (χ2v) is 4.31. The van der Waals surface area contributed by atoms with Crippen molar-refractivity contribution in [1.29, 1.82) is 0 Å². The van der Waals surface area contributed by atoms with Crippen molar-refractivity contribution >= 4 is 0 Å². The molecule has 0 radical (unpaired) electrons. The van der Waals surface area contributed by atoms with Crippen LogP contribution in [0.15, 0.2) is 0 Å². The molecule has 1 aliphatic rings. The number of hydrogen-bond acceptors (Lipinski definition) is 3. The van der Waals surface area contributed by atoms with Crippen molar-refractivity contribution in [2.45, 2.75) is 58.9 Å². The Labute approximate surface area is 93.7 Å². The normalized spacial score (nSPS) is 27.8. The molecule has 2 atom stereocenters. The third-order valence-electron chi connectivity index (χ3n) is 3.20. The molecule has 1 rings (SSSR count). The molecule has 0 bridgehead atoms. The highest BCUT2D eigenvalue weighted by molar-refractivity contribution is 4.82. The molecule has 0 saturated carbocycles. The first-order valence-electron chi connectivity index (χ1n) is 6.18. The van der Waals surface area contributed by atoms with E-state index in [1.807, 2.05) is 13.8 Å². The van der Waals surface area contributed by atoms with Gasteiger partial charge < -0.3 is 9.47 Å². The van der Waals surface area contributed by atoms with E-state index in [4.69, 9.17) is 9.47 Å². The van der Waals surface area contributed by atoms with E-state index in [1.54, 1.807) is 0 Å². The van der Waals surface area contributed by atoms with Crippen LogP contribution in [0.25, 0.3) is 0 Å². The molecule has 0 spiro atoms. The molecule has 0 unspecified atom stereocenters. The molecule has 0 amide bonds. The van der Waals surface area contributed by atoms with E-state index >= 15 is 0 Å². The Morgan fingerprint density at radius 1 is 1.07 bits per heavy atom. The Morgan fingerprint density at radius 3 is 1.93 bits per heavy atom. The molecule has 3 nitrogen and oxygen atoms in total. The molecule has 0 aliphatic carbocycles. The number of likely N-dealkylation sites (tertiary alicyclic amines) is 1. The summed E-state index contributed by atoms with van der Waals surface area (Å²) < 4.78 is 11.2. The van der Waals surface area contributed by atoms with Crippen molar-refractivity contribution in [2.24, 2.45) is 0 Å². The molecule has 0 N–H and O–H groups in total. The number of rotatable bonds is 6. The van der Waals surface area contributed by atoms with Crippen LogP contribution in [0.4, 0.5) is 0 Å². The molecular weight excluding hydrogens is 190 g/mol. The standard InChI is InChI=1S/C12H25NO2/c1-5-14-12(15-6-2)9-13-10(3)7-8-11(13)4/h10-12H,5-9H2,1-4H3/t10-,11+. The Hall–Kier alpha value is -0.120. The van der Waals surface area contributed by atoms with Crippen LogP contribution < -0.4 is 0 Å². The van der Waals surface area contributed by atoms with Crippen molar-refractivity contribution in [2.75, 3.05) is 19.8 Å². The maximum absolute atomic E-state index is 5.58. The zero-order valence-corrected chi connectivity index (χ0v) is 10.5. The maximum atomic E-state index is 5.58. The fourth-order valence-corrected chi connectivity index (χ4v) is 2.31. The number of hydrogen-bond donors (Lipinski definition) is 0. The first-order chi connectivity index (χ1) is 7.19. The zero-order chi connectivity index (χ0) is 11.3. The molecule has 3 heteroatoms. The fraction of sp³-hybridized carbons (Fsp3) is 1.00. The van der Waals surface area contributed by atoms with Crippen molar-refractivity contribution < 1.29 is 9.47 Å². The minimum absolute atomic E-state index is 0.0528. The third kappa shape index (κ3) is 3.74. The molecule has 1 aliphatic heterocycles. The van der Waals surface area contributed by atoms with Gasteiger partial charge in [-0.3, -0.25) is 4.90 Å². The molecule has 15 heavy (non-hydrogen) atoms. The fourth-order valence-electron chi connectivity index (χ4n) is 2.31. The first kappa shape index (κ1) is 12.9. The van der Waals surface area contributed by atoms with E-state index in [2.05, 4.69) is 18.7 Å². The summed E-state index contributed by atoms with van der Waals surface area (Å²) in [6.07, 6.45) is 2.54. The SMILES string of the molecule is CCOC(CN1[C@H](C)CC[C@@H]1C)OCC. The summed E-state index contributed by atoms with van der Waals surface area (Å²) in [6.45, 7) is 11.0. The van der Waals surface area contributed by atoms with Gasteiger partial charge in [0.1, 0.15) is 0 Å². The highest BCUT2D eigenvalue weighted by atomic mass is 16.7. The van der Waals surface area contributed by atoms with Crippen LogP contribution in [0, 0.1) is 0 Å². The van der Waals surface area contributed by atoms with E-state index < -0.39 is 0 Å².